The molecule has 4 heteroatoms. The lowest BCUT2D eigenvalue weighted by Crippen LogP contribution is -2.49. The Morgan fingerprint density at radius 2 is 2.17 bits per heavy atom. The first kappa shape index (κ1) is 15.4. The Labute approximate surface area is 111 Å². The first-order valence-electron chi connectivity index (χ1n) is 7.33. The molecule has 1 aliphatic rings. The van der Waals surface area contributed by atoms with Gasteiger partial charge in [-0.15, -0.1) is 0 Å². The van der Waals surface area contributed by atoms with Crippen LogP contribution >= 0.6 is 0 Å². The van der Waals surface area contributed by atoms with Crippen LogP contribution in [0.2, 0.25) is 0 Å². The summed E-state index contributed by atoms with van der Waals surface area (Å²) in [5.41, 5.74) is 0. The molecule has 1 rings (SSSR count). The van der Waals surface area contributed by atoms with E-state index in [1.165, 1.54) is 25.7 Å². The van der Waals surface area contributed by atoms with Crippen molar-refractivity contribution in [2.24, 2.45) is 5.92 Å². The summed E-state index contributed by atoms with van der Waals surface area (Å²) in [6.07, 6.45) is 5.33. The second-order valence-electron chi connectivity index (χ2n) is 5.40. The van der Waals surface area contributed by atoms with Crippen molar-refractivity contribution in [1.82, 2.24) is 10.2 Å². The van der Waals surface area contributed by atoms with E-state index >= 15 is 0 Å². The van der Waals surface area contributed by atoms with E-state index in [0.717, 1.165) is 25.6 Å². The van der Waals surface area contributed by atoms with Crippen molar-refractivity contribution < 1.29 is 9.90 Å². The summed E-state index contributed by atoms with van der Waals surface area (Å²) >= 11 is 0. The fourth-order valence-electron chi connectivity index (χ4n) is 2.88. The van der Waals surface area contributed by atoms with E-state index in [1.807, 2.05) is 0 Å². The molecule has 1 saturated heterocycles. The highest BCUT2D eigenvalue weighted by atomic mass is 16.4. The average molecular weight is 256 g/mol. The molecule has 2 N–H and O–H groups in total. The number of carboxylic acid groups (broad SMARTS) is 1. The van der Waals surface area contributed by atoms with Gasteiger partial charge in [0, 0.05) is 25.7 Å². The lowest BCUT2D eigenvalue weighted by atomic mass is 9.90. The molecule has 1 heterocycles. The van der Waals surface area contributed by atoms with Crippen molar-refractivity contribution in [1.29, 1.82) is 0 Å². The summed E-state index contributed by atoms with van der Waals surface area (Å²) in [5.74, 6) is 0.0437. The number of unbranched alkanes of at least 4 members (excludes halogenated alkanes) is 1. The lowest BCUT2D eigenvalue weighted by Gasteiger charge is -2.38. The van der Waals surface area contributed by atoms with Gasteiger partial charge in [-0.2, -0.15) is 0 Å². The quantitative estimate of drug-likeness (QED) is 0.697. The molecular formula is C14H28N2O2. The molecule has 0 bridgehead atoms. The summed E-state index contributed by atoms with van der Waals surface area (Å²) in [6, 6.07) is 0.541. The van der Waals surface area contributed by atoms with E-state index in [4.69, 9.17) is 5.11 Å². The zero-order valence-electron chi connectivity index (χ0n) is 11.8. The highest BCUT2D eigenvalue weighted by Gasteiger charge is 2.26. The van der Waals surface area contributed by atoms with Crippen molar-refractivity contribution in [3.63, 3.8) is 0 Å². The fourth-order valence-corrected chi connectivity index (χ4v) is 2.88. The van der Waals surface area contributed by atoms with Crippen LogP contribution in [-0.2, 0) is 4.79 Å². The van der Waals surface area contributed by atoms with Gasteiger partial charge in [-0.3, -0.25) is 4.79 Å². The molecule has 2 unspecified atom stereocenters. The highest BCUT2D eigenvalue weighted by Crippen LogP contribution is 2.22. The lowest BCUT2D eigenvalue weighted by molar-refractivity contribution is -0.137. The number of nitrogens with zero attached hydrogens (tertiary/aromatic N) is 1. The van der Waals surface area contributed by atoms with E-state index in [0.29, 0.717) is 12.6 Å². The minimum Gasteiger partial charge on any atom is -0.481 e. The first-order chi connectivity index (χ1) is 8.65. The summed E-state index contributed by atoms with van der Waals surface area (Å²) in [6.45, 7) is 8.14. The molecule has 0 radical (unpaired) electrons. The second kappa shape index (κ2) is 8.48. The molecule has 1 fully saturated rings. The Kier molecular flexibility index (Phi) is 7.28. The number of likely N-dealkylation sites (tertiary alicyclic amines) is 1. The molecule has 0 spiro atoms. The number of carbonyl (C=O) groups is 1. The van der Waals surface area contributed by atoms with Gasteiger partial charge in [0.25, 0.3) is 0 Å². The third kappa shape index (κ3) is 5.83. The Morgan fingerprint density at radius 1 is 1.39 bits per heavy atom. The molecular weight excluding hydrogens is 228 g/mol. The number of aliphatic carboxylic acids is 1. The van der Waals surface area contributed by atoms with Crippen LogP contribution in [0.15, 0.2) is 0 Å². The predicted octanol–water partition coefficient (Wildman–Crippen LogP) is 1.95. The summed E-state index contributed by atoms with van der Waals surface area (Å²) in [4.78, 5) is 13.0. The van der Waals surface area contributed by atoms with Crippen LogP contribution in [0, 0.1) is 5.92 Å². The number of nitrogens with one attached hydrogen (secondary N) is 1. The van der Waals surface area contributed by atoms with Crippen LogP contribution in [0.4, 0.5) is 0 Å². The highest BCUT2D eigenvalue weighted by molar-refractivity contribution is 5.66. The van der Waals surface area contributed by atoms with E-state index in [2.05, 4.69) is 24.1 Å². The van der Waals surface area contributed by atoms with E-state index in [-0.39, 0.29) is 6.42 Å². The van der Waals surface area contributed by atoms with E-state index < -0.39 is 5.97 Å². The maximum atomic E-state index is 10.7. The predicted molar refractivity (Wildman–Crippen MR) is 73.8 cm³/mol. The molecule has 2 atom stereocenters. The number of hydrogen-bond donors (Lipinski definition) is 2. The molecule has 0 amide bonds. The van der Waals surface area contributed by atoms with Gasteiger partial charge in [0.05, 0.1) is 6.42 Å². The van der Waals surface area contributed by atoms with Crippen LogP contribution in [0.3, 0.4) is 0 Å². The summed E-state index contributed by atoms with van der Waals surface area (Å²) in [7, 11) is 0. The summed E-state index contributed by atoms with van der Waals surface area (Å²) in [5, 5.41) is 12.3. The first-order valence-corrected chi connectivity index (χ1v) is 7.33. The van der Waals surface area contributed by atoms with E-state index in [9.17, 15) is 4.79 Å². The third-order valence-electron chi connectivity index (χ3n) is 3.71. The molecule has 106 valence electrons. The standard InChI is InChI=1S/C14H28N2O2/c1-3-5-6-12-9-13(15-4-2)11-16(10-12)8-7-14(17)18/h12-13,15H,3-11H2,1-2H3,(H,17,18). The second-order valence-corrected chi connectivity index (χ2v) is 5.40. The van der Waals surface area contributed by atoms with Gasteiger partial charge in [0.1, 0.15) is 0 Å². The number of hydrogen-bond acceptors (Lipinski definition) is 3. The third-order valence-corrected chi connectivity index (χ3v) is 3.71. The van der Waals surface area contributed by atoms with Gasteiger partial charge in [-0.05, 0) is 25.3 Å². The Balaban J connectivity index is 2.42. The van der Waals surface area contributed by atoms with Crippen LogP contribution in [-0.4, -0.2) is 48.2 Å². The molecule has 18 heavy (non-hydrogen) atoms. The Bertz CT molecular complexity index is 246. The minimum absolute atomic E-state index is 0.263. The number of likely N-dealkylation sites (N-methyl/N-ethyl adjacent to an activating group) is 1. The average Bonchev–Trinajstić information content (AvgIpc) is 2.34. The topological polar surface area (TPSA) is 52.6 Å². The smallest absolute Gasteiger partial charge is 0.304 e. The largest absolute Gasteiger partial charge is 0.481 e. The Morgan fingerprint density at radius 3 is 2.78 bits per heavy atom. The molecule has 0 saturated carbocycles. The van der Waals surface area contributed by atoms with Crippen molar-refractivity contribution in [3.05, 3.63) is 0 Å². The molecule has 0 aromatic rings. The van der Waals surface area contributed by atoms with Crippen LogP contribution in [0.5, 0.6) is 0 Å². The van der Waals surface area contributed by atoms with Gasteiger partial charge in [0.15, 0.2) is 0 Å². The van der Waals surface area contributed by atoms with Crippen LogP contribution in [0.25, 0.3) is 0 Å². The zero-order chi connectivity index (χ0) is 13.4. The van der Waals surface area contributed by atoms with Gasteiger partial charge in [-0.25, -0.2) is 0 Å². The van der Waals surface area contributed by atoms with Crippen LogP contribution < -0.4 is 5.32 Å². The molecule has 1 aliphatic heterocycles. The van der Waals surface area contributed by atoms with Crippen molar-refractivity contribution >= 4 is 5.97 Å². The van der Waals surface area contributed by atoms with Gasteiger partial charge in [-0.1, -0.05) is 26.7 Å². The van der Waals surface area contributed by atoms with Crippen molar-refractivity contribution in [2.75, 3.05) is 26.2 Å². The van der Waals surface area contributed by atoms with Gasteiger partial charge >= 0.3 is 5.97 Å². The zero-order valence-corrected chi connectivity index (χ0v) is 11.8. The van der Waals surface area contributed by atoms with Crippen LogP contribution in [0.1, 0.15) is 46.0 Å². The normalized spacial score (nSPS) is 25.2. The monoisotopic (exact) mass is 256 g/mol. The summed E-state index contributed by atoms with van der Waals surface area (Å²) < 4.78 is 0. The SMILES string of the molecule is CCCCC1CC(NCC)CN(CCC(=O)O)C1. The van der Waals surface area contributed by atoms with Gasteiger partial charge in [0.2, 0.25) is 0 Å². The molecule has 0 aromatic heterocycles. The minimum atomic E-state index is -0.689. The number of piperidine rings is 1. The Hall–Kier alpha value is -0.610. The maximum Gasteiger partial charge on any atom is 0.304 e. The maximum absolute atomic E-state index is 10.7. The van der Waals surface area contributed by atoms with Crippen molar-refractivity contribution in [3.8, 4) is 0 Å². The molecule has 0 aliphatic carbocycles. The molecule has 4 nitrogen and oxygen atoms in total. The number of carboxylic acids is 1. The van der Waals surface area contributed by atoms with Gasteiger partial charge < -0.3 is 15.3 Å². The van der Waals surface area contributed by atoms with E-state index in [1.54, 1.807) is 0 Å². The van der Waals surface area contributed by atoms with Crippen molar-refractivity contribution in [2.45, 2.75) is 52.0 Å². The number of rotatable bonds is 8. The molecule has 0 aromatic carbocycles. The fraction of sp³-hybridized carbons (Fsp3) is 0.929.